The lowest BCUT2D eigenvalue weighted by Gasteiger charge is -2.28. The molecule has 11 rings (SSSR count). The highest BCUT2D eigenvalue weighted by molar-refractivity contribution is 6.20. The van der Waals surface area contributed by atoms with Crippen LogP contribution in [-0.4, -0.2) is 4.40 Å². The van der Waals surface area contributed by atoms with Gasteiger partial charge in [0.2, 0.25) is 0 Å². The van der Waals surface area contributed by atoms with Gasteiger partial charge in [-0.2, -0.15) is 0 Å². The molecule has 2 nitrogen and oxygen atoms in total. The summed E-state index contributed by atoms with van der Waals surface area (Å²) in [6, 6.07) is 75.5. The molecule has 0 aliphatic heterocycles. The van der Waals surface area contributed by atoms with Crippen molar-refractivity contribution in [3.8, 4) is 44.6 Å². The van der Waals surface area contributed by atoms with Crippen LogP contribution in [0, 0.1) is 0 Å². The Hall–Kier alpha value is -7.16. The Morgan fingerprint density at radius 3 is 1.65 bits per heavy atom. The van der Waals surface area contributed by atoms with Crippen LogP contribution in [-0.2, 0) is 5.41 Å². The maximum absolute atomic E-state index is 2.53. The Morgan fingerprint density at radius 1 is 0.386 bits per heavy atom. The average molecular weight is 729 g/mol. The summed E-state index contributed by atoms with van der Waals surface area (Å²) in [6.45, 7) is 4.71. The van der Waals surface area contributed by atoms with E-state index in [1.54, 1.807) is 0 Å². The van der Waals surface area contributed by atoms with Crippen LogP contribution in [0.3, 0.4) is 0 Å². The number of fused-ring (bicyclic) bond motifs is 9. The molecule has 0 bridgehead atoms. The van der Waals surface area contributed by atoms with E-state index in [4.69, 9.17) is 0 Å². The minimum absolute atomic E-state index is 0.0956. The molecule has 1 aliphatic rings. The molecule has 0 atom stereocenters. The third kappa shape index (κ3) is 5.11. The molecule has 0 N–H and O–H groups in total. The zero-order valence-electron chi connectivity index (χ0n) is 32.0. The number of anilines is 3. The highest BCUT2D eigenvalue weighted by atomic mass is 15.1. The molecule has 0 amide bonds. The molecule has 0 spiro atoms. The van der Waals surface area contributed by atoms with Crippen molar-refractivity contribution in [1.29, 1.82) is 0 Å². The van der Waals surface area contributed by atoms with E-state index in [1.165, 1.54) is 83.0 Å². The van der Waals surface area contributed by atoms with Crippen LogP contribution < -0.4 is 4.90 Å². The second kappa shape index (κ2) is 13.0. The minimum Gasteiger partial charge on any atom is -0.310 e. The van der Waals surface area contributed by atoms with Gasteiger partial charge in [0, 0.05) is 44.4 Å². The Morgan fingerprint density at radius 2 is 0.912 bits per heavy atom. The summed E-state index contributed by atoms with van der Waals surface area (Å²) in [5, 5.41) is 3.75. The first-order chi connectivity index (χ1) is 28.1. The molecule has 2 aromatic heterocycles. The van der Waals surface area contributed by atoms with Gasteiger partial charge in [0.1, 0.15) is 0 Å². The third-order valence-corrected chi connectivity index (χ3v) is 12.2. The van der Waals surface area contributed by atoms with Crippen molar-refractivity contribution in [3.05, 3.63) is 217 Å². The lowest BCUT2D eigenvalue weighted by atomic mass is 9.82. The Kier molecular flexibility index (Phi) is 7.55. The van der Waals surface area contributed by atoms with Crippen molar-refractivity contribution >= 4 is 44.3 Å². The van der Waals surface area contributed by atoms with E-state index in [0.717, 1.165) is 17.1 Å². The van der Waals surface area contributed by atoms with E-state index in [1.807, 2.05) is 0 Å². The number of rotatable bonds is 6. The van der Waals surface area contributed by atoms with Crippen molar-refractivity contribution in [2.75, 3.05) is 4.90 Å². The maximum Gasteiger partial charge on any atom is 0.0626 e. The first-order valence-corrected chi connectivity index (χ1v) is 19.9. The number of benzene rings is 8. The van der Waals surface area contributed by atoms with Gasteiger partial charge in [-0.15, -0.1) is 0 Å². The van der Waals surface area contributed by atoms with Crippen LogP contribution >= 0.6 is 0 Å². The first-order valence-electron chi connectivity index (χ1n) is 19.9. The average Bonchev–Trinajstić information content (AvgIpc) is 3.75. The van der Waals surface area contributed by atoms with Gasteiger partial charge in [-0.25, -0.2) is 0 Å². The molecule has 10 aromatic rings. The van der Waals surface area contributed by atoms with Gasteiger partial charge >= 0.3 is 0 Å². The molecule has 0 saturated carbocycles. The maximum atomic E-state index is 2.53. The number of para-hydroxylation sites is 2. The molecule has 0 radical (unpaired) electrons. The van der Waals surface area contributed by atoms with Crippen molar-refractivity contribution < 1.29 is 0 Å². The highest BCUT2D eigenvalue weighted by Crippen LogP contribution is 2.52. The molecule has 2 heteroatoms. The van der Waals surface area contributed by atoms with E-state index in [2.05, 4.69) is 229 Å². The van der Waals surface area contributed by atoms with Gasteiger partial charge < -0.3 is 9.30 Å². The summed E-state index contributed by atoms with van der Waals surface area (Å²) in [7, 11) is 0. The first kappa shape index (κ1) is 33.2. The zero-order valence-corrected chi connectivity index (χ0v) is 32.0. The van der Waals surface area contributed by atoms with E-state index < -0.39 is 0 Å². The molecule has 1 aliphatic carbocycles. The fraction of sp³-hybridized carbons (Fsp3) is 0.0545. The minimum atomic E-state index is -0.0956. The summed E-state index contributed by atoms with van der Waals surface area (Å²) in [6.07, 6.45) is 0. The van der Waals surface area contributed by atoms with Gasteiger partial charge in [0.05, 0.1) is 16.7 Å². The molecule has 0 unspecified atom stereocenters. The number of hydrogen-bond donors (Lipinski definition) is 0. The Bertz CT molecular complexity index is 3000. The summed E-state index contributed by atoms with van der Waals surface area (Å²) >= 11 is 0. The quantitative estimate of drug-likeness (QED) is 0.155. The molecule has 0 saturated heterocycles. The molecule has 57 heavy (non-hydrogen) atoms. The van der Waals surface area contributed by atoms with Crippen molar-refractivity contribution in [3.63, 3.8) is 0 Å². The summed E-state index contributed by atoms with van der Waals surface area (Å²) in [4.78, 5) is 2.40. The SMILES string of the molecule is CC1(C)c2ccccc2-c2ccc(N(c3ccccc3)c3ccc(-c4c(-c5ccccc5)c5c6ccccc6c6ccccc6n5c4-c4ccccc4)cc3)cc21. The summed E-state index contributed by atoms with van der Waals surface area (Å²) in [5.41, 5.74) is 18.3. The zero-order chi connectivity index (χ0) is 38.1. The van der Waals surface area contributed by atoms with Gasteiger partial charge in [0.25, 0.3) is 0 Å². The van der Waals surface area contributed by atoms with Crippen LogP contribution in [0.1, 0.15) is 25.0 Å². The summed E-state index contributed by atoms with van der Waals surface area (Å²) < 4.78 is 2.53. The fourth-order valence-corrected chi connectivity index (χ4v) is 9.56. The highest BCUT2D eigenvalue weighted by Gasteiger charge is 2.36. The Balaban J connectivity index is 1.17. The molecule has 8 aromatic carbocycles. The topological polar surface area (TPSA) is 7.65 Å². The smallest absolute Gasteiger partial charge is 0.0626 e. The normalized spacial score (nSPS) is 12.9. The number of pyridine rings is 1. The Labute approximate surface area is 333 Å². The van der Waals surface area contributed by atoms with Crippen LogP contribution in [0.15, 0.2) is 206 Å². The van der Waals surface area contributed by atoms with Crippen molar-refractivity contribution in [1.82, 2.24) is 4.40 Å². The molecule has 2 heterocycles. The van der Waals surface area contributed by atoms with Gasteiger partial charge in [-0.3, -0.25) is 0 Å². The standard InChI is InChI=1S/C55H40N2/c1-55(2)48-28-16-14-25-44(48)45-35-34-42(36-49(45)55)56(40-22-10-5-11-23-40)41-32-30-38(31-33-41)51-52(37-18-6-3-7-19-37)54-47-27-13-12-24-43(47)46-26-15-17-29-50(46)57(54)53(51)39-20-8-4-9-21-39/h3-36H,1-2H3. The summed E-state index contributed by atoms with van der Waals surface area (Å²) in [5.74, 6) is 0. The van der Waals surface area contributed by atoms with Gasteiger partial charge in [0.15, 0.2) is 0 Å². The van der Waals surface area contributed by atoms with E-state index in [9.17, 15) is 0 Å². The number of hydrogen-bond acceptors (Lipinski definition) is 1. The third-order valence-electron chi connectivity index (χ3n) is 12.2. The van der Waals surface area contributed by atoms with E-state index in [0.29, 0.717) is 0 Å². The van der Waals surface area contributed by atoms with Gasteiger partial charge in [-0.05, 0) is 86.8 Å². The predicted molar refractivity (Wildman–Crippen MR) is 241 cm³/mol. The van der Waals surface area contributed by atoms with Crippen molar-refractivity contribution in [2.24, 2.45) is 0 Å². The monoisotopic (exact) mass is 728 g/mol. The lowest BCUT2D eigenvalue weighted by Crippen LogP contribution is -2.16. The molecule has 0 fully saturated rings. The fourth-order valence-electron chi connectivity index (χ4n) is 9.56. The molecule has 270 valence electrons. The van der Waals surface area contributed by atoms with E-state index >= 15 is 0 Å². The van der Waals surface area contributed by atoms with Crippen LogP contribution in [0.2, 0.25) is 0 Å². The van der Waals surface area contributed by atoms with Crippen molar-refractivity contribution in [2.45, 2.75) is 19.3 Å². The van der Waals surface area contributed by atoms with E-state index in [-0.39, 0.29) is 5.41 Å². The number of aromatic nitrogens is 1. The predicted octanol–water partition coefficient (Wildman–Crippen LogP) is 15.0. The second-order valence-electron chi connectivity index (χ2n) is 15.7. The largest absolute Gasteiger partial charge is 0.310 e. The van der Waals surface area contributed by atoms with Crippen LogP contribution in [0.4, 0.5) is 17.1 Å². The van der Waals surface area contributed by atoms with Gasteiger partial charge in [-0.1, -0.05) is 178 Å². The molecular formula is C55H40N2. The van der Waals surface area contributed by atoms with Crippen LogP contribution in [0.5, 0.6) is 0 Å². The number of nitrogens with zero attached hydrogens (tertiary/aromatic N) is 2. The van der Waals surface area contributed by atoms with Crippen LogP contribution in [0.25, 0.3) is 71.8 Å². The second-order valence-corrected chi connectivity index (χ2v) is 15.7. The molecular weight excluding hydrogens is 689 g/mol. The lowest BCUT2D eigenvalue weighted by molar-refractivity contribution is 0.660.